The highest BCUT2D eigenvalue weighted by Gasteiger charge is 2.32. The number of hydrogen-bond acceptors (Lipinski definition) is 6. The number of halogens is 2. The van der Waals surface area contributed by atoms with Crippen LogP contribution in [0.2, 0.25) is 0 Å². The zero-order valence-electron chi connectivity index (χ0n) is 23.3. The molecule has 0 aliphatic carbocycles. The van der Waals surface area contributed by atoms with Crippen LogP contribution in [-0.2, 0) is 29.5 Å². The van der Waals surface area contributed by atoms with E-state index in [4.69, 9.17) is 9.47 Å². The predicted octanol–water partition coefficient (Wildman–Crippen LogP) is 4.98. The van der Waals surface area contributed by atoms with Gasteiger partial charge in [0.15, 0.2) is 0 Å². The lowest BCUT2D eigenvalue weighted by molar-refractivity contribution is 0.0652. The monoisotopic (exact) mass is 818 g/mol. The molecule has 0 radical (unpaired) electrons. The van der Waals surface area contributed by atoms with Crippen LogP contribution in [0.5, 0.6) is 0 Å². The minimum Gasteiger partial charge on any atom is -0.381 e. The fraction of sp³-hybridized carbons (Fsp3) is 0.571. The number of nitrogens with one attached hydrogen (secondary N) is 2. The molecule has 2 aromatic rings. The first-order valence-electron chi connectivity index (χ1n) is 13.5. The SMILES string of the molecule is CC(C)S(=O)(=O)N[C@@H]1CCOC[C@H]1c1ccc(I)cc1.CC(C)S(=O)(=O)N[C@H]1CCOC[C@@H]1c1ccc(I)cc1. The van der Waals surface area contributed by atoms with E-state index >= 15 is 0 Å². The maximum Gasteiger partial charge on any atom is 0.214 e. The van der Waals surface area contributed by atoms with Gasteiger partial charge >= 0.3 is 0 Å². The van der Waals surface area contributed by atoms with Gasteiger partial charge in [0.2, 0.25) is 20.0 Å². The highest BCUT2D eigenvalue weighted by molar-refractivity contribution is 14.1. The van der Waals surface area contributed by atoms with Gasteiger partial charge in [-0.25, -0.2) is 26.3 Å². The molecular weight excluding hydrogens is 778 g/mol. The Bertz CT molecular complexity index is 1190. The van der Waals surface area contributed by atoms with Gasteiger partial charge in [-0.05, 0) is 121 Å². The second-order valence-corrected chi connectivity index (χ2v) is 17.7. The van der Waals surface area contributed by atoms with Crippen molar-refractivity contribution in [1.29, 1.82) is 0 Å². The maximum absolute atomic E-state index is 12.1. The molecular formula is C28H40I2N2O6S2. The van der Waals surface area contributed by atoms with Crippen molar-refractivity contribution in [2.24, 2.45) is 0 Å². The first-order valence-corrected chi connectivity index (χ1v) is 18.7. The van der Waals surface area contributed by atoms with E-state index in [1.54, 1.807) is 27.7 Å². The average molecular weight is 819 g/mol. The second-order valence-electron chi connectivity index (χ2n) is 10.7. The summed E-state index contributed by atoms with van der Waals surface area (Å²) in [4.78, 5) is 0. The molecule has 2 saturated heterocycles. The van der Waals surface area contributed by atoms with E-state index in [2.05, 4.69) is 78.9 Å². The summed E-state index contributed by atoms with van der Waals surface area (Å²) >= 11 is 4.52. The molecule has 2 aliphatic heterocycles. The van der Waals surface area contributed by atoms with Gasteiger partial charge in [0.25, 0.3) is 0 Å². The largest absolute Gasteiger partial charge is 0.381 e. The third-order valence-electron chi connectivity index (χ3n) is 7.18. The van der Waals surface area contributed by atoms with Crippen LogP contribution in [0.1, 0.15) is 63.5 Å². The second kappa shape index (κ2) is 15.4. The molecule has 8 nitrogen and oxygen atoms in total. The molecule has 2 heterocycles. The number of hydrogen-bond donors (Lipinski definition) is 2. The third-order valence-corrected chi connectivity index (χ3v) is 12.4. The summed E-state index contributed by atoms with van der Waals surface area (Å²) in [6, 6.07) is 16.2. The molecule has 0 bridgehead atoms. The van der Waals surface area contributed by atoms with Crippen molar-refractivity contribution in [2.75, 3.05) is 26.4 Å². The summed E-state index contributed by atoms with van der Waals surface area (Å²) in [6.45, 7) is 9.11. The van der Waals surface area contributed by atoms with Crippen molar-refractivity contribution in [3.8, 4) is 0 Å². The molecule has 12 heteroatoms. The Morgan fingerprint density at radius 1 is 0.650 bits per heavy atom. The van der Waals surface area contributed by atoms with Crippen molar-refractivity contribution >= 4 is 65.2 Å². The quantitative estimate of drug-likeness (QED) is 0.364. The molecule has 2 aromatic carbocycles. The van der Waals surface area contributed by atoms with Crippen LogP contribution in [0.15, 0.2) is 48.5 Å². The molecule has 40 heavy (non-hydrogen) atoms. The minimum atomic E-state index is -3.25. The summed E-state index contributed by atoms with van der Waals surface area (Å²) in [5.74, 6) is 0.156. The van der Waals surface area contributed by atoms with Crippen LogP contribution in [-0.4, -0.2) is 65.8 Å². The summed E-state index contributed by atoms with van der Waals surface area (Å²) in [5, 5.41) is -0.828. The van der Waals surface area contributed by atoms with Gasteiger partial charge in [-0.15, -0.1) is 0 Å². The molecule has 0 aromatic heterocycles. The van der Waals surface area contributed by atoms with Crippen molar-refractivity contribution in [3.05, 3.63) is 66.8 Å². The van der Waals surface area contributed by atoms with E-state index in [0.717, 1.165) is 11.1 Å². The lowest BCUT2D eigenvalue weighted by atomic mass is 9.89. The highest BCUT2D eigenvalue weighted by atomic mass is 127. The Morgan fingerprint density at radius 2 is 0.975 bits per heavy atom. The number of benzene rings is 2. The topological polar surface area (TPSA) is 111 Å². The van der Waals surface area contributed by atoms with E-state index in [0.29, 0.717) is 39.3 Å². The Labute approximate surface area is 267 Å². The standard InChI is InChI=1S/2C14H20INO3S/c2*1-10(2)20(17,18)16-14-7-8-19-9-13(14)11-3-5-12(15)6-4-11/h2*3-6,10,13-14,16H,7-9H2,1-2H3/t2*13-,14+/m10/s1. The van der Waals surface area contributed by atoms with E-state index in [-0.39, 0.29) is 23.9 Å². The summed E-state index contributed by atoms with van der Waals surface area (Å²) < 4.78 is 67.4. The van der Waals surface area contributed by atoms with Crippen LogP contribution in [0, 0.1) is 7.14 Å². The Balaban J connectivity index is 0.000000220. The van der Waals surface area contributed by atoms with E-state index in [9.17, 15) is 16.8 Å². The van der Waals surface area contributed by atoms with Crippen LogP contribution < -0.4 is 9.44 Å². The van der Waals surface area contributed by atoms with Crippen molar-refractivity contribution < 1.29 is 26.3 Å². The van der Waals surface area contributed by atoms with Crippen molar-refractivity contribution in [1.82, 2.24) is 9.44 Å². The van der Waals surface area contributed by atoms with Gasteiger partial charge in [0.05, 0.1) is 23.7 Å². The van der Waals surface area contributed by atoms with Crippen LogP contribution in [0.3, 0.4) is 0 Å². The smallest absolute Gasteiger partial charge is 0.214 e. The molecule has 4 atom stereocenters. The highest BCUT2D eigenvalue weighted by Crippen LogP contribution is 2.28. The zero-order chi connectivity index (χ0) is 29.5. The lowest BCUT2D eigenvalue weighted by Crippen LogP contribution is -2.46. The molecule has 2 aliphatic rings. The van der Waals surface area contributed by atoms with Gasteiger partial charge in [0, 0.05) is 44.3 Å². The zero-order valence-corrected chi connectivity index (χ0v) is 29.3. The Hall–Kier alpha value is -0.360. The van der Waals surface area contributed by atoms with Gasteiger partial charge in [-0.2, -0.15) is 0 Å². The van der Waals surface area contributed by atoms with Crippen LogP contribution >= 0.6 is 45.2 Å². The van der Waals surface area contributed by atoms with Crippen molar-refractivity contribution in [2.45, 2.75) is 75.0 Å². The van der Waals surface area contributed by atoms with E-state index in [1.165, 1.54) is 7.14 Å². The number of rotatable bonds is 8. The van der Waals surface area contributed by atoms with Crippen molar-refractivity contribution in [3.63, 3.8) is 0 Å². The number of ether oxygens (including phenoxy) is 2. The van der Waals surface area contributed by atoms with Crippen LogP contribution in [0.25, 0.3) is 0 Å². The molecule has 0 spiro atoms. The molecule has 4 rings (SSSR count). The maximum atomic E-state index is 12.1. The van der Waals surface area contributed by atoms with Gasteiger partial charge in [-0.1, -0.05) is 24.3 Å². The normalized spacial score (nSPS) is 24.0. The molecule has 0 unspecified atom stereocenters. The minimum absolute atomic E-state index is 0.0780. The average Bonchev–Trinajstić information content (AvgIpc) is 2.90. The molecule has 0 saturated carbocycles. The first kappa shape index (κ1) is 34.1. The van der Waals surface area contributed by atoms with Gasteiger partial charge in [-0.3, -0.25) is 0 Å². The third kappa shape index (κ3) is 9.85. The summed E-state index contributed by atoms with van der Waals surface area (Å²) in [5.41, 5.74) is 2.25. The van der Waals surface area contributed by atoms with Crippen LogP contribution in [0.4, 0.5) is 0 Å². The molecule has 224 valence electrons. The molecule has 2 fully saturated rings. The first-order chi connectivity index (χ1) is 18.8. The summed E-state index contributed by atoms with van der Waals surface area (Å²) in [6.07, 6.45) is 1.42. The Morgan fingerprint density at radius 3 is 1.27 bits per heavy atom. The Kier molecular flexibility index (Phi) is 13.1. The van der Waals surface area contributed by atoms with E-state index in [1.807, 2.05) is 24.3 Å². The molecule has 2 N–H and O–H groups in total. The van der Waals surface area contributed by atoms with Gasteiger partial charge < -0.3 is 9.47 Å². The summed E-state index contributed by atoms with van der Waals surface area (Å²) in [7, 11) is -6.51. The fourth-order valence-corrected chi connectivity index (χ4v) is 7.20. The fourth-order valence-electron chi connectivity index (χ4n) is 4.53. The lowest BCUT2D eigenvalue weighted by Gasteiger charge is -2.32. The molecule has 0 amide bonds. The predicted molar refractivity (Wildman–Crippen MR) is 177 cm³/mol. The van der Waals surface area contributed by atoms with Gasteiger partial charge in [0.1, 0.15) is 0 Å². The van der Waals surface area contributed by atoms with E-state index < -0.39 is 30.5 Å². The number of sulfonamides is 2.